The minimum Gasteiger partial charge on any atom is -0.323 e. The van der Waals surface area contributed by atoms with Gasteiger partial charge in [0.2, 0.25) is 0 Å². The Morgan fingerprint density at radius 3 is 2.81 bits per heavy atom. The summed E-state index contributed by atoms with van der Waals surface area (Å²) in [6, 6.07) is 7.93. The van der Waals surface area contributed by atoms with Gasteiger partial charge in [-0.3, -0.25) is 14.8 Å². The summed E-state index contributed by atoms with van der Waals surface area (Å²) >= 11 is 0. The Morgan fingerprint density at radius 2 is 2.10 bits per heavy atom. The maximum Gasteiger partial charge on any atom is 0.343 e. The lowest BCUT2D eigenvalue weighted by molar-refractivity contribution is -0.111. The predicted molar refractivity (Wildman–Crippen MR) is 77.6 cm³/mol. The van der Waals surface area contributed by atoms with E-state index < -0.39 is 19.3 Å². The van der Waals surface area contributed by atoms with Crippen molar-refractivity contribution in [2.75, 3.05) is 13.1 Å². The second-order valence-electron chi connectivity index (χ2n) is 5.63. The first-order chi connectivity index (χ1) is 10.0. The second-order valence-corrected chi connectivity index (χ2v) is 7.34. The molecule has 1 saturated heterocycles. The topological polar surface area (TPSA) is 89.9 Å². The van der Waals surface area contributed by atoms with Gasteiger partial charge in [0.15, 0.2) is 0 Å². The number of rotatable bonds is 3. The van der Waals surface area contributed by atoms with Crippen LogP contribution in [0.5, 0.6) is 0 Å². The third-order valence-electron chi connectivity index (χ3n) is 4.38. The number of fused-ring (bicyclic) bond motifs is 1. The van der Waals surface area contributed by atoms with E-state index in [2.05, 4.69) is 5.32 Å². The normalized spacial score (nSPS) is 30.1. The predicted octanol–water partition coefficient (Wildman–Crippen LogP) is 0.855. The van der Waals surface area contributed by atoms with E-state index in [-0.39, 0.29) is 6.17 Å². The van der Waals surface area contributed by atoms with Crippen molar-refractivity contribution in [1.82, 2.24) is 10.2 Å². The smallest absolute Gasteiger partial charge is 0.323 e. The van der Waals surface area contributed by atoms with Gasteiger partial charge in [-0.1, -0.05) is 24.3 Å². The minimum atomic E-state index is -4.37. The van der Waals surface area contributed by atoms with Crippen molar-refractivity contribution in [1.29, 1.82) is 0 Å². The maximum atomic E-state index is 11.8. The summed E-state index contributed by atoms with van der Waals surface area (Å²) in [7, 11) is -4.37. The van der Waals surface area contributed by atoms with Crippen molar-refractivity contribution in [3.63, 3.8) is 0 Å². The molecular formula is C14H19N2O4P. The Morgan fingerprint density at radius 1 is 1.33 bits per heavy atom. The quantitative estimate of drug-likeness (QED) is 0.567. The highest BCUT2D eigenvalue weighted by Crippen LogP contribution is 2.52. The van der Waals surface area contributed by atoms with Crippen molar-refractivity contribution < 1.29 is 19.1 Å². The lowest BCUT2D eigenvalue weighted by atomic mass is 9.98. The Kier molecular flexibility index (Phi) is 3.99. The van der Waals surface area contributed by atoms with Crippen LogP contribution in [0.2, 0.25) is 0 Å². The molecule has 2 aliphatic heterocycles. The highest BCUT2D eigenvalue weighted by Gasteiger charge is 2.48. The third-order valence-corrected chi connectivity index (χ3v) is 5.74. The average molecular weight is 310 g/mol. The Balaban J connectivity index is 1.97. The van der Waals surface area contributed by atoms with Gasteiger partial charge in [0.05, 0.1) is 6.17 Å². The van der Waals surface area contributed by atoms with Crippen LogP contribution in [0, 0.1) is 5.92 Å². The number of nitrogens with zero attached hydrogens (tertiary/aromatic N) is 1. The van der Waals surface area contributed by atoms with Crippen LogP contribution in [0.3, 0.4) is 0 Å². The first-order valence-corrected chi connectivity index (χ1v) is 8.78. The van der Waals surface area contributed by atoms with E-state index in [1.807, 2.05) is 24.3 Å². The van der Waals surface area contributed by atoms with Crippen LogP contribution in [0.25, 0.3) is 0 Å². The fourth-order valence-electron chi connectivity index (χ4n) is 3.47. The third kappa shape index (κ3) is 2.70. The molecule has 1 aromatic rings. The zero-order chi connectivity index (χ0) is 15.0. The minimum absolute atomic E-state index is 0.238. The average Bonchev–Trinajstić information content (AvgIpc) is 2.90. The van der Waals surface area contributed by atoms with E-state index in [0.29, 0.717) is 19.3 Å². The molecule has 0 bridgehead atoms. The number of carbonyl (C=O) groups is 1. The summed E-state index contributed by atoms with van der Waals surface area (Å²) < 4.78 is 11.8. The van der Waals surface area contributed by atoms with E-state index in [4.69, 9.17) is 0 Å². The second kappa shape index (κ2) is 5.63. The van der Waals surface area contributed by atoms with Crippen LogP contribution in [0.15, 0.2) is 24.3 Å². The van der Waals surface area contributed by atoms with Gasteiger partial charge in [0, 0.05) is 19.0 Å². The fourth-order valence-corrected chi connectivity index (χ4v) is 4.82. The first-order valence-electron chi connectivity index (χ1n) is 7.10. The molecular weight excluding hydrogens is 291 g/mol. The Hall–Kier alpha value is -1.04. The molecule has 0 amide bonds. The van der Waals surface area contributed by atoms with Crippen LogP contribution < -0.4 is 5.32 Å². The Labute approximate surface area is 123 Å². The van der Waals surface area contributed by atoms with Gasteiger partial charge in [-0.05, 0) is 24.0 Å². The Bertz CT molecular complexity index is 588. The molecule has 1 aromatic carbocycles. The van der Waals surface area contributed by atoms with Crippen molar-refractivity contribution in [2.24, 2.45) is 5.92 Å². The summed E-state index contributed by atoms with van der Waals surface area (Å²) in [6.45, 7) is 1.27. The monoisotopic (exact) mass is 310 g/mol. The van der Waals surface area contributed by atoms with Crippen molar-refractivity contribution in [3.8, 4) is 0 Å². The molecule has 1 fully saturated rings. The van der Waals surface area contributed by atoms with Crippen LogP contribution in [-0.2, 0) is 15.8 Å². The molecule has 2 aliphatic rings. The number of hydrogen-bond acceptors (Lipinski definition) is 4. The molecule has 3 atom stereocenters. The zero-order valence-corrected chi connectivity index (χ0v) is 12.4. The van der Waals surface area contributed by atoms with Gasteiger partial charge in [0.1, 0.15) is 12.1 Å². The summed E-state index contributed by atoms with van der Waals surface area (Å²) in [4.78, 5) is 32.2. The molecule has 6 nitrogen and oxygen atoms in total. The van der Waals surface area contributed by atoms with Gasteiger partial charge >= 0.3 is 7.60 Å². The van der Waals surface area contributed by atoms with Gasteiger partial charge in [0.25, 0.3) is 0 Å². The van der Waals surface area contributed by atoms with Crippen molar-refractivity contribution >= 4 is 13.9 Å². The molecule has 21 heavy (non-hydrogen) atoms. The van der Waals surface area contributed by atoms with Crippen LogP contribution in [0.4, 0.5) is 0 Å². The summed E-state index contributed by atoms with van der Waals surface area (Å²) in [5.41, 5.74) is 2.24. The highest BCUT2D eigenvalue weighted by molar-refractivity contribution is 7.52. The molecule has 3 rings (SSSR count). The maximum absolute atomic E-state index is 11.8. The molecule has 3 N–H and O–H groups in total. The van der Waals surface area contributed by atoms with E-state index in [1.54, 1.807) is 4.90 Å². The summed E-state index contributed by atoms with van der Waals surface area (Å²) in [6.07, 6.45) is 1.83. The first kappa shape index (κ1) is 14.9. The van der Waals surface area contributed by atoms with Gasteiger partial charge in [-0.15, -0.1) is 0 Å². The molecule has 0 aliphatic carbocycles. The van der Waals surface area contributed by atoms with E-state index in [9.17, 15) is 19.1 Å². The van der Waals surface area contributed by atoms with Gasteiger partial charge in [-0.25, -0.2) is 0 Å². The van der Waals surface area contributed by atoms with Gasteiger partial charge in [-0.2, -0.15) is 0 Å². The number of carbonyl (C=O) groups excluding carboxylic acids is 1. The van der Waals surface area contributed by atoms with Gasteiger partial charge < -0.3 is 14.6 Å². The number of likely N-dealkylation sites (tertiary alicyclic amines) is 1. The number of hydrogen-bond donors (Lipinski definition) is 3. The molecule has 7 heteroatoms. The lowest BCUT2D eigenvalue weighted by Gasteiger charge is -2.38. The zero-order valence-electron chi connectivity index (χ0n) is 11.6. The van der Waals surface area contributed by atoms with E-state index >= 15 is 0 Å². The lowest BCUT2D eigenvalue weighted by Crippen LogP contribution is -2.45. The molecule has 0 aromatic heterocycles. The number of benzene rings is 1. The molecule has 0 radical (unpaired) electrons. The standard InChI is InChI=1S/C14H19N2O4P/c17-9-11-6-8-16(14(11)21(18,19)20)13-12-4-2-1-3-10(12)5-7-15-13/h1-4,9,11,13-15H,5-8H2,(H2,18,19,20)/t11?,13-,14+/m0/s1. The van der Waals surface area contributed by atoms with Crippen molar-refractivity contribution in [2.45, 2.75) is 24.8 Å². The SMILES string of the molecule is O=CC1CCN([C@@H]2NCCc3ccccc32)[C@@H]1P(=O)(O)O. The number of nitrogens with one attached hydrogen (secondary N) is 1. The molecule has 0 spiro atoms. The van der Waals surface area contributed by atoms with Crippen LogP contribution in [-0.4, -0.2) is 39.8 Å². The number of aldehydes is 1. The summed E-state index contributed by atoms with van der Waals surface area (Å²) in [5.74, 6) is -1.64. The fraction of sp³-hybridized carbons (Fsp3) is 0.500. The van der Waals surface area contributed by atoms with Crippen LogP contribution >= 0.6 is 7.60 Å². The molecule has 1 unspecified atom stereocenters. The highest BCUT2D eigenvalue weighted by atomic mass is 31.2. The largest absolute Gasteiger partial charge is 0.343 e. The van der Waals surface area contributed by atoms with Crippen molar-refractivity contribution in [3.05, 3.63) is 35.4 Å². The molecule has 0 saturated carbocycles. The van der Waals surface area contributed by atoms with Crippen LogP contribution in [0.1, 0.15) is 23.7 Å². The van der Waals surface area contributed by atoms with E-state index in [1.165, 1.54) is 5.56 Å². The molecule has 114 valence electrons. The summed E-state index contributed by atoms with van der Waals surface area (Å²) in [5, 5.41) is 3.33. The van der Waals surface area contributed by atoms with E-state index in [0.717, 1.165) is 18.5 Å². The molecule has 2 heterocycles.